The largest absolute Gasteiger partial charge is 0.393 e. The number of hydrogen-bond acceptors (Lipinski definition) is 5. The topological polar surface area (TPSA) is 80.0 Å². The first-order chi connectivity index (χ1) is 9.91. The molecule has 1 aliphatic heterocycles. The van der Waals surface area contributed by atoms with Gasteiger partial charge in [-0.1, -0.05) is 12.1 Å². The molecule has 2 N–H and O–H groups in total. The molecule has 0 saturated carbocycles. The van der Waals surface area contributed by atoms with E-state index in [0.717, 1.165) is 0 Å². The molecule has 9 heteroatoms. The molecule has 0 bridgehead atoms. The van der Waals surface area contributed by atoms with Gasteiger partial charge in [-0.2, -0.15) is 18.2 Å². The summed E-state index contributed by atoms with van der Waals surface area (Å²) in [4.78, 5) is 15.9. The third kappa shape index (κ3) is 3.93. The van der Waals surface area contributed by atoms with Gasteiger partial charge in [-0.15, -0.1) is 0 Å². The fourth-order valence-electron chi connectivity index (χ4n) is 2.26. The maximum absolute atomic E-state index is 12.7. The molecule has 1 amide bonds. The minimum absolute atomic E-state index is 0.0399. The number of carbonyl (C=O) groups excluding carboxylic acids is 1. The second kappa shape index (κ2) is 6.42. The number of alkyl halides is 3. The molecule has 6 nitrogen and oxygen atoms in total. The van der Waals surface area contributed by atoms with Gasteiger partial charge in [0.1, 0.15) is 0 Å². The first kappa shape index (κ1) is 15.7. The number of amides is 1. The average molecular weight is 306 g/mol. The lowest BCUT2D eigenvalue weighted by Gasteiger charge is -2.20. The Kier molecular flexibility index (Phi) is 4.81. The molecule has 21 heavy (non-hydrogen) atoms. The van der Waals surface area contributed by atoms with Gasteiger partial charge < -0.3 is 15.2 Å². The molecule has 0 radical (unpaired) electrons. The van der Waals surface area contributed by atoms with E-state index in [-0.39, 0.29) is 19.6 Å². The summed E-state index contributed by atoms with van der Waals surface area (Å²) < 4.78 is 43.1. The maximum atomic E-state index is 12.7. The van der Waals surface area contributed by atoms with Gasteiger partial charge in [0.05, 0.1) is 11.8 Å². The summed E-state index contributed by atoms with van der Waals surface area (Å²) in [5.41, 5.74) is 0. The molecule has 2 heterocycles. The van der Waals surface area contributed by atoms with Gasteiger partial charge in [0.25, 0.3) is 0 Å². The molecular weight excluding hydrogens is 289 g/mol. The Labute approximate surface area is 119 Å². The molecule has 2 atom stereocenters. The molecule has 1 aromatic heterocycles. The minimum Gasteiger partial charge on any atom is -0.355 e. The van der Waals surface area contributed by atoms with Crippen molar-refractivity contribution in [1.82, 2.24) is 20.8 Å². The number of nitrogens with one attached hydrogen (secondary N) is 2. The highest BCUT2D eigenvalue weighted by atomic mass is 19.4. The van der Waals surface area contributed by atoms with Crippen molar-refractivity contribution in [3.63, 3.8) is 0 Å². The Bertz CT molecular complexity index is 489. The third-order valence-electron chi connectivity index (χ3n) is 3.43. The number of nitrogens with zero attached hydrogens (tertiary/aromatic N) is 2. The molecule has 118 valence electrons. The van der Waals surface area contributed by atoms with Crippen LogP contribution in [0.15, 0.2) is 4.52 Å². The molecule has 1 fully saturated rings. The lowest BCUT2D eigenvalue weighted by Crippen LogP contribution is -2.40. The van der Waals surface area contributed by atoms with E-state index in [9.17, 15) is 18.0 Å². The lowest BCUT2D eigenvalue weighted by atomic mass is 9.94. The molecule has 0 aromatic carbocycles. The number of halogens is 3. The van der Waals surface area contributed by atoms with Crippen LogP contribution >= 0.6 is 0 Å². The second-order valence-electron chi connectivity index (χ2n) is 4.91. The van der Waals surface area contributed by atoms with E-state index < -0.39 is 23.9 Å². The van der Waals surface area contributed by atoms with Crippen LogP contribution in [0.1, 0.15) is 18.6 Å². The molecular formula is C12H17F3N4O2. The predicted molar refractivity (Wildman–Crippen MR) is 66.3 cm³/mol. The van der Waals surface area contributed by atoms with Crippen molar-refractivity contribution in [3.05, 3.63) is 11.7 Å². The molecule has 1 aromatic rings. The van der Waals surface area contributed by atoms with Crippen molar-refractivity contribution in [2.45, 2.75) is 25.9 Å². The molecule has 1 aliphatic rings. The fraction of sp³-hybridized carbons (Fsp3) is 0.750. The van der Waals surface area contributed by atoms with Crippen LogP contribution in [0.5, 0.6) is 0 Å². The van der Waals surface area contributed by atoms with Crippen molar-refractivity contribution < 1.29 is 22.5 Å². The maximum Gasteiger partial charge on any atom is 0.393 e. The lowest BCUT2D eigenvalue weighted by molar-refractivity contribution is -0.182. The summed E-state index contributed by atoms with van der Waals surface area (Å²) in [5.74, 6) is -2.38. The van der Waals surface area contributed by atoms with Gasteiger partial charge in [-0.25, -0.2) is 0 Å². The zero-order valence-corrected chi connectivity index (χ0v) is 11.5. The van der Waals surface area contributed by atoms with E-state index in [1.165, 1.54) is 0 Å². The number of rotatable bonds is 5. The van der Waals surface area contributed by atoms with E-state index >= 15 is 0 Å². The predicted octanol–water partition coefficient (Wildman–Crippen LogP) is 0.689. The SMILES string of the molecule is CCc1nc(CCNC(=O)[C@@H]2CNC[C@H]2C(F)(F)F)no1. The van der Waals surface area contributed by atoms with Crippen LogP contribution < -0.4 is 10.6 Å². The zero-order valence-electron chi connectivity index (χ0n) is 11.5. The quantitative estimate of drug-likeness (QED) is 0.836. The van der Waals surface area contributed by atoms with Crippen LogP contribution in [0.25, 0.3) is 0 Å². The highest BCUT2D eigenvalue weighted by Crippen LogP contribution is 2.34. The van der Waals surface area contributed by atoms with Gasteiger partial charge in [-0.3, -0.25) is 4.79 Å². The summed E-state index contributed by atoms with van der Waals surface area (Å²) in [7, 11) is 0. The highest BCUT2D eigenvalue weighted by molar-refractivity contribution is 5.79. The average Bonchev–Trinajstić information content (AvgIpc) is 3.06. The van der Waals surface area contributed by atoms with Crippen LogP contribution in [0, 0.1) is 11.8 Å². The Hall–Kier alpha value is -1.64. The van der Waals surface area contributed by atoms with Gasteiger partial charge >= 0.3 is 6.18 Å². The van der Waals surface area contributed by atoms with E-state index in [4.69, 9.17) is 4.52 Å². The smallest absolute Gasteiger partial charge is 0.355 e. The second-order valence-corrected chi connectivity index (χ2v) is 4.91. The van der Waals surface area contributed by atoms with E-state index in [2.05, 4.69) is 20.8 Å². The van der Waals surface area contributed by atoms with Crippen molar-refractivity contribution in [2.24, 2.45) is 11.8 Å². The molecule has 0 spiro atoms. The molecule has 0 unspecified atom stereocenters. The Morgan fingerprint density at radius 1 is 1.48 bits per heavy atom. The van der Waals surface area contributed by atoms with Gasteiger partial charge in [0.15, 0.2) is 5.82 Å². The summed E-state index contributed by atoms with van der Waals surface area (Å²) in [6, 6.07) is 0. The summed E-state index contributed by atoms with van der Waals surface area (Å²) in [6.45, 7) is 1.87. The van der Waals surface area contributed by atoms with E-state index in [0.29, 0.717) is 24.6 Å². The summed E-state index contributed by atoms with van der Waals surface area (Å²) in [5, 5.41) is 8.82. The summed E-state index contributed by atoms with van der Waals surface area (Å²) in [6.07, 6.45) is -3.43. The van der Waals surface area contributed by atoms with Crippen molar-refractivity contribution in [3.8, 4) is 0 Å². The normalized spacial score (nSPS) is 22.5. The van der Waals surface area contributed by atoms with Gasteiger partial charge in [-0.05, 0) is 0 Å². The Morgan fingerprint density at radius 2 is 2.24 bits per heavy atom. The van der Waals surface area contributed by atoms with Crippen LogP contribution in [-0.2, 0) is 17.6 Å². The molecule has 1 saturated heterocycles. The van der Waals surface area contributed by atoms with Crippen LogP contribution in [0.3, 0.4) is 0 Å². The number of hydrogen-bond donors (Lipinski definition) is 2. The summed E-state index contributed by atoms with van der Waals surface area (Å²) >= 11 is 0. The van der Waals surface area contributed by atoms with Gasteiger partial charge in [0.2, 0.25) is 11.8 Å². The first-order valence-corrected chi connectivity index (χ1v) is 6.78. The molecule has 0 aliphatic carbocycles. The van der Waals surface area contributed by atoms with Gasteiger partial charge in [0, 0.05) is 32.5 Å². The standard InChI is InChI=1S/C12H17F3N4O2/c1-2-10-18-9(19-21-10)3-4-17-11(20)7-5-16-6-8(7)12(13,14)15/h7-8,16H,2-6H2,1H3,(H,17,20)/t7-,8-/m1/s1. The van der Waals surface area contributed by atoms with E-state index in [1.807, 2.05) is 6.92 Å². The fourth-order valence-corrected chi connectivity index (χ4v) is 2.26. The van der Waals surface area contributed by atoms with Crippen LogP contribution in [0.4, 0.5) is 13.2 Å². The van der Waals surface area contributed by atoms with Crippen LogP contribution in [0.2, 0.25) is 0 Å². The van der Waals surface area contributed by atoms with Crippen molar-refractivity contribution in [1.29, 1.82) is 0 Å². The third-order valence-corrected chi connectivity index (χ3v) is 3.43. The van der Waals surface area contributed by atoms with Crippen LogP contribution in [-0.4, -0.2) is 41.9 Å². The van der Waals surface area contributed by atoms with E-state index in [1.54, 1.807) is 0 Å². The zero-order chi connectivity index (χ0) is 15.5. The first-order valence-electron chi connectivity index (χ1n) is 6.78. The monoisotopic (exact) mass is 306 g/mol. The minimum atomic E-state index is -4.37. The molecule has 2 rings (SSSR count). The Balaban J connectivity index is 1.81. The van der Waals surface area contributed by atoms with Crippen molar-refractivity contribution >= 4 is 5.91 Å². The van der Waals surface area contributed by atoms with Crippen molar-refractivity contribution in [2.75, 3.05) is 19.6 Å². The highest BCUT2D eigenvalue weighted by Gasteiger charge is 2.49. The Morgan fingerprint density at radius 3 is 2.86 bits per heavy atom. The number of aryl methyl sites for hydroxylation is 1. The number of carbonyl (C=O) groups is 1. The number of aromatic nitrogens is 2.